The zero-order valence-electron chi connectivity index (χ0n) is 11.4. The van der Waals surface area contributed by atoms with Crippen LogP contribution in [0.4, 0.5) is 0 Å². The Morgan fingerprint density at radius 1 is 1.41 bits per heavy atom. The molecule has 0 heterocycles. The van der Waals surface area contributed by atoms with Crippen LogP contribution in [0.15, 0.2) is 0 Å². The predicted octanol–water partition coefficient (Wildman–Crippen LogP) is 1.39. The number of hydrogen-bond acceptors (Lipinski definition) is 4. The molecule has 0 bridgehead atoms. The lowest BCUT2D eigenvalue weighted by atomic mass is 10.4. The number of nitrogens with one attached hydrogen (secondary N) is 1. The van der Waals surface area contributed by atoms with Crippen molar-refractivity contribution in [2.75, 3.05) is 38.7 Å². The second-order valence-electron chi connectivity index (χ2n) is 4.23. The molecule has 1 unspecified atom stereocenters. The zero-order valence-corrected chi connectivity index (χ0v) is 13.0. The van der Waals surface area contributed by atoms with Crippen molar-refractivity contribution >= 4 is 21.8 Å². The molecule has 104 valence electrons. The van der Waals surface area contributed by atoms with Gasteiger partial charge in [-0.05, 0) is 38.3 Å². The maximum atomic E-state index is 12.1. The molecule has 0 rings (SSSR count). The highest BCUT2D eigenvalue weighted by Gasteiger charge is 2.24. The quantitative estimate of drug-likeness (QED) is 0.615. The summed E-state index contributed by atoms with van der Waals surface area (Å²) >= 11 is 1.75. The van der Waals surface area contributed by atoms with Gasteiger partial charge in [0, 0.05) is 20.1 Å². The van der Waals surface area contributed by atoms with E-state index in [1.807, 2.05) is 6.26 Å². The summed E-state index contributed by atoms with van der Waals surface area (Å²) in [6.07, 6.45) is 3.97. The van der Waals surface area contributed by atoms with Crippen molar-refractivity contribution in [3.63, 3.8) is 0 Å². The molecule has 0 aromatic heterocycles. The molecule has 0 fully saturated rings. The molecule has 0 saturated heterocycles. The number of hydrogen-bond donors (Lipinski definition) is 1. The van der Waals surface area contributed by atoms with Gasteiger partial charge in [-0.25, -0.2) is 12.7 Å². The van der Waals surface area contributed by atoms with Gasteiger partial charge in [-0.2, -0.15) is 11.8 Å². The van der Waals surface area contributed by atoms with Crippen LogP contribution in [0.2, 0.25) is 0 Å². The monoisotopic (exact) mass is 282 g/mol. The standard InChI is InChI=1S/C11H26N2O2S2/c1-5-7-12-10-11(2)17(14,15)13(3)8-6-9-16-4/h11-12H,5-10H2,1-4H3. The van der Waals surface area contributed by atoms with Crippen LogP contribution in [-0.4, -0.2) is 56.7 Å². The molecule has 0 radical (unpaired) electrons. The number of sulfonamides is 1. The van der Waals surface area contributed by atoms with E-state index in [1.165, 1.54) is 4.31 Å². The molecular formula is C11H26N2O2S2. The summed E-state index contributed by atoms with van der Waals surface area (Å²) in [7, 11) is -1.47. The van der Waals surface area contributed by atoms with Crippen LogP contribution in [0.25, 0.3) is 0 Å². The van der Waals surface area contributed by atoms with E-state index in [1.54, 1.807) is 25.7 Å². The molecule has 1 atom stereocenters. The second-order valence-corrected chi connectivity index (χ2v) is 7.67. The van der Waals surface area contributed by atoms with E-state index in [4.69, 9.17) is 0 Å². The first kappa shape index (κ1) is 17.2. The van der Waals surface area contributed by atoms with E-state index in [0.29, 0.717) is 13.1 Å². The van der Waals surface area contributed by atoms with Gasteiger partial charge in [0.05, 0.1) is 5.25 Å². The normalized spacial score (nSPS) is 14.2. The average molecular weight is 282 g/mol. The molecular weight excluding hydrogens is 256 g/mol. The average Bonchev–Trinajstić information content (AvgIpc) is 2.29. The third-order valence-corrected chi connectivity index (χ3v) is 5.55. The first-order valence-corrected chi connectivity index (χ1v) is 9.01. The van der Waals surface area contributed by atoms with Crippen LogP contribution in [-0.2, 0) is 10.0 Å². The first-order valence-electron chi connectivity index (χ1n) is 6.11. The predicted molar refractivity (Wildman–Crippen MR) is 77.2 cm³/mol. The van der Waals surface area contributed by atoms with Gasteiger partial charge >= 0.3 is 0 Å². The highest BCUT2D eigenvalue weighted by molar-refractivity contribution is 7.98. The summed E-state index contributed by atoms with van der Waals surface area (Å²) in [5, 5.41) is 2.80. The molecule has 0 aliphatic carbocycles. The Kier molecular flexibility index (Phi) is 9.31. The first-order chi connectivity index (χ1) is 7.96. The SMILES string of the molecule is CCCNCC(C)S(=O)(=O)N(C)CCCSC. The van der Waals surface area contributed by atoms with E-state index >= 15 is 0 Å². The molecule has 0 saturated carbocycles. The minimum absolute atomic E-state index is 0.353. The van der Waals surface area contributed by atoms with E-state index in [9.17, 15) is 8.42 Å². The van der Waals surface area contributed by atoms with Gasteiger partial charge in [0.2, 0.25) is 10.0 Å². The van der Waals surface area contributed by atoms with Crippen molar-refractivity contribution in [3.8, 4) is 0 Å². The number of rotatable bonds is 10. The summed E-state index contributed by atoms with van der Waals surface area (Å²) in [6, 6.07) is 0. The van der Waals surface area contributed by atoms with Gasteiger partial charge < -0.3 is 5.32 Å². The summed E-state index contributed by atoms with van der Waals surface area (Å²) in [5.74, 6) is 1.00. The van der Waals surface area contributed by atoms with Gasteiger partial charge in [-0.3, -0.25) is 0 Å². The maximum Gasteiger partial charge on any atom is 0.217 e. The molecule has 0 aliphatic rings. The van der Waals surface area contributed by atoms with Crippen molar-refractivity contribution in [2.45, 2.75) is 31.9 Å². The molecule has 6 heteroatoms. The Morgan fingerprint density at radius 3 is 2.59 bits per heavy atom. The fourth-order valence-electron chi connectivity index (χ4n) is 1.45. The Morgan fingerprint density at radius 2 is 2.06 bits per heavy atom. The number of nitrogens with zero attached hydrogens (tertiary/aromatic N) is 1. The molecule has 1 N–H and O–H groups in total. The maximum absolute atomic E-state index is 12.1. The van der Waals surface area contributed by atoms with E-state index in [-0.39, 0.29) is 5.25 Å². The van der Waals surface area contributed by atoms with Crippen LogP contribution in [0, 0.1) is 0 Å². The summed E-state index contributed by atoms with van der Waals surface area (Å²) in [6.45, 7) is 5.85. The van der Waals surface area contributed by atoms with Crippen molar-refractivity contribution in [1.29, 1.82) is 0 Å². The highest BCUT2D eigenvalue weighted by Crippen LogP contribution is 2.08. The van der Waals surface area contributed by atoms with E-state index in [0.717, 1.165) is 25.1 Å². The Hall–Kier alpha value is 0.220. The van der Waals surface area contributed by atoms with Crippen LogP contribution in [0.1, 0.15) is 26.7 Å². The van der Waals surface area contributed by atoms with Crippen molar-refractivity contribution < 1.29 is 8.42 Å². The van der Waals surface area contributed by atoms with Gasteiger partial charge in [-0.1, -0.05) is 6.92 Å². The Labute approximate surface area is 111 Å². The Balaban J connectivity index is 4.14. The van der Waals surface area contributed by atoms with Crippen LogP contribution >= 0.6 is 11.8 Å². The van der Waals surface area contributed by atoms with Gasteiger partial charge in [0.15, 0.2) is 0 Å². The van der Waals surface area contributed by atoms with Gasteiger partial charge in [-0.15, -0.1) is 0 Å². The van der Waals surface area contributed by atoms with E-state index < -0.39 is 10.0 Å². The van der Waals surface area contributed by atoms with Gasteiger partial charge in [0.25, 0.3) is 0 Å². The molecule has 0 aliphatic heterocycles. The van der Waals surface area contributed by atoms with E-state index in [2.05, 4.69) is 12.2 Å². The van der Waals surface area contributed by atoms with Crippen molar-refractivity contribution in [2.24, 2.45) is 0 Å². The van der Waals surface area contributed by atoms with Crippen molar-refractivity contribution in [1.82, 2.24) is 9.62 Å². The molecule has 17 heavy (non-hydrogen) atoms. The Bertz CT molecular complexity index is 259. The number of thioether (sulfide) groups is 1. The van der Waals surface area contributed by atoms with Crippen molar-refractivity contribution in [3.05, 3.63) is 0 Å². The van der Waals surface area contributed by atoms with Crippen LogP contribution in [0.3, 0.4) is 0 Å². The third-order valence-electron chi connectivity index (χ3n) is 2.62. The van der Waals surface area contributed by atoms with Crippen LogP contribution in [0.5, 0.6) is 0 Å². The second kappa shape index (κ2) is 9.19. The summed E-state index contributed by atoms with van der Waals surface area (Å²) < 4.78 is 25.7. The lowest BCUT2D eigenvalue weighted by molar-refractivity contribution is 0.456. The molecule has 0 amide bonds. The van der Waals surface area contributed by atoms with Crippen LogP contribution < -0.4 is 5.32 Å². The third kappa shape index (κ3) is 6.64. The summed E-state index contributed by atoms with van der Waals surface area (Å²) in [4.78, 5) is 0. The minimum Gasteiger partial charge on any atom is -0.315 e. The lowest BCUT2D eigenvalue weighted by Gasteiger charge is -2.22. The fraction of sp³-hybridized carbons (Fsp3) is 1.00. The largest absolute Gasteiger partial charge is 0.315 e. The topological polar surface area (TPSA) is 49.4 Å². The zero-order chi connectivity index (χ0) is 13.3. The molecule has 0 spiro atoms. The minimum atomic E-state index is -3.14. The molecule has 0 aromatic rings. The molecule has 0 aromatic carbocycles. The molecule has 4 nitrogen and oxygen atoms in total. The highest BCUT2D eigenvalue weighted by atomic mass is 32.2. The summed E-state index contributed by atoms with van der Waals surface area (Å²) in [5.41, 5.74) is 0. The van der Waals surface area contributed by atoms with Gasteiger partial charge in [0.1, 0.15) is 0 Å². The smallest absolute Gasteiger partial charge is 0.217 e. The fourth-order valence-corrected chi connectivity index (χ4v) is 3.20. The lowest BCUT2D eigenvalue weighted by Crippen LogP contribution is -2.40.